The van der Waals surface area contributed by atoms with Crippen LogP contribution in [0.3, 0.4) is 0 Å². The molecule has 2 fully saturated rings. The number of rotatable bonds is 3. The van der Waals surface area contributed by atoms with Gasteiger partial charge in [-0.15, -0.1) is 0 Å². The van der Waals surface area contributed by atoms with Crippen molar-refractivity contribution >= 4 is 23.6 Å². The van der Waals surface area contributed by atoms with Crippen molar-refractivity contribution in [3.8, 4) is 0 Å². The molecule has 1 saturated heterocycles. The summed E-state index contributed by atoms with van der Waals surface area (Å²) in [6.07, 6.45) is 7.86. The zero-order valence-corrected chi connectivity index (χ0v) is 12.7. The lowest BCUT2D eigenvalue weighted by atomic mass is 9.60. The van der Waals surface area contributed by atoms with Crippen LogP contribution in [0.2, 0.25) is 5.02 Å². The first-order chi connectivity index (χ1) is 10.2. The van der Waals surface area contributed by atoms with Gasteiger partial charge in [0.15, 0.2) is 0 Å². The molecule has 1 atom stereocenters. The van der Waals surface area contributed by atoms with E-state index in [9.17, 15) is 4.79 Å². The molecule has 1 saturated carbocycles. The molecule has 0 radical (unpaired) electrons. The molecule has 112 valence electrons. The quantitative estimate of drug-likeness (QED) is 0.869. The Kier molecular flexibility index (Phi) is 4.32. The van der Waals surface area contributed by atoms with E-state index in [4.69, 9.17) is 16.3 Å². The van der Waals surface area contributed by atoms with Gasteiger partial charge >= 0.3 is 0 Å². The van der Waals surface area contributed by atoms with Gasteiger partial charge in [0, 0.05) is 30.4 Å². The third-order valence-electron chi connectivity index (χ3n) is 4.77. The molecule has 1 aliphatic carbocycles. The van der Waals surface area contributed by atoms with E-state index < -0.39 is 0 Å². The van der Waals surface area contributed by atoms with Crippen LogP contribution in [-0.4, -0.2) is 25.2 Å². The summed E-state index contributed by atoms with van der Waals surface area (Å²) in [7, 11) is 0. The molecule has 1 spiro atoms. The number of nitrogens with one attached hydrogen (secondary N) is 1. The number of amides is 1. The van der Waals surface area contributed by atoms with Crippen molar-refractivity contribution in [2.24, 2.45) is 5.41 Å². The summed E-state index contributed by atoms with van der Waals surface area (Å²) < 4.78 is 5.43. The van der Waals surface area contributed by atoms with Crippen molar-refractivity contribution in [2.75, 3.05) is 13.2 Å². The Hall–Kier alpha value is -1.32. The topological polar surface area (TPSA) is 38.3 Å². The third-order valence-corrected chi connectivity index (χ3v) is 5.02. The van der Waals surface area contributed by atoms with E-state index in [0.717, 1.165) is 38.0 Å². The Morgan fingerprint density at radius 2 is 1.95 bits per heavy atom. The molecule has 2 aliphatic rings. The molecule has 1 aromatic rings. The number of hydrogen-bond donors (Lipinski definition) is 1. The normalized spacial score (nSPS) is 24.0. The summed E-state index contributed by atoms with van der Waals surface area (Å²) in [5.41, 5.74) is 1.27. The summed E-state index contributed by atoms with van der Waals surface area (Å²) in [6.45, 7) is 1.65. The van der Waals surface area contributed by atoms with E-state index in [2.05, 4.69) is 5.32 Å². The highest BCUT2D eigenvalue weighted by Crippen LogP contribution is 2.48. The molecular weight excluding hydrogens is 286 g/mol. The monoisotopic (exact) mass is 305 g/mol. The van der Waals surface area contributed by atoms with Gasteiger partial charge in [0.2, 0.25) is 5.91 Å². The maximum atomic E-state index is 12.1. The van der Waals surface area contributed by atoms with Crippen LogP contribution in [0, 0.1) is 5.41 Å². The van der Waals surface area contributed by atoms with E-state index in [1.54, 1.807) is 6.08 Å². The summed E-state index contributed by atoms with van der Waals surface area (Å²) in [5.74, 6) is -0.0134. The van der Waals surface area contributed by atoms with Crippen LogP contribution in [0.4, 0.5) is 0 Å². The molecule has 3 nitrogen and oxygen atoms in total. The molecule has 1 amide bonds. The predicted molar refractivity (Wildman–Crippen MR) is 84.1 cm³/mol. The minimum atomic E-state index is -0.0134. The average molecular weight is 306 g/mol. The fraction of sp³-hybridized carbons (Fsp3) is 0.471. The number of carbonyl (C=O) groups excluding carboxylic acids is 1. The summed E-state index contributed by atoms with van der Waals surface area (Å²) in [4.78, 5) is 12.1. The number of hydrogen-bond acceptors (Lipinski definition) is 2. The van der Waals surface area contributed by atoms with Gasteiger partial charge in [0.05, 0.1) is 0 Å². The van der Waals surface area contributed by atoms with Gasteiger partial charge in [-0.2, -0.15) is 0 Å². The smallest absolute Gasteiger partial charge is 0.244 e. The molecule has 1 aromatic carbocycles. The van der Waals surface area contributed by atoms with Crippen LogP contribution < -0.4 is 5.32 Å². The molecule has 1 N–H and O–H groups in total. The highest BCUT2D eigenvalue weighted by atomic mass is 35.5. The Labute approximate surface area is 130 Å². The highest BCUT2D eigenvalue weighted by molar-refractivity contribution is 6.30. The molecule has 1 heterocycles. The van der Waals surface area contributed by atoms with E-state index in [1.165, 1.54) is 6.42 Å². The molecule has 0 aromatic heterocycles. The fourth-order valence-electron chi connectivity index (χ4n) is 3.26. The van der Waals surface area contributed by atoms with Gasteiger partial charge in [-0.3, -0.25) is 4.79 Å². The summed E-state index contributed by atoms with van der Waals surface area (Å²) >= 11 is 5.84. The second kappa shape index (κ2) is 6.20. The second-order valence-corrected chi connectivity index (χ2v) is 6.40. The maximum absolute atomic E-state index is 12.1. The van der Waals surface area contributed by atoms with Crippen LogP contribution in [0.25, 0.3) is 6.08 Å². The molecule has 0 bridgehead atoms. The minimum Gasteiger partial charge on any atom is -0.381 e. The first kappa shape index (κ1) is 14.6. The van der Waals surface area contributed by atoms with Gasteiger partial charge in [0.1, 0.15) is 0 Å². The zero-order valence-electron chi connectivity index (χ0n) is 12.0. The Balaban J connectivity index is 1.55. The molecule has 21 heavy (non-hydrogen) atoms. The number of ether oxygens (including phenoxy) is 1. The van der Waals surface area contributed by atoms with Crippen molar-refractivity contribution in [1.29, 1.82) is 0 Å². The van der Waals surface area contributed by atoms with Crippen molar-refractivity contribution in [1.82, 2.24) is 5.32 Å². The highest BCUT2D eigenvalue weighted by Gasteiger charge is 2.47. The van der Waals surface area contributed by atoms with Crippen molar-refractivity contribution in [3.63, 3.8) is 0 Å². The molecule has 4 heteroatoms. The van der Waals surface area contributed by atoms with Gasteiger partial charge in [-0.25, -0.2) is 0 Å². The lowest BCUT2D eigenvalue weighted by molar-refractivity contribution is -0.122. The van der Waals surface area contributed by atoms with Crippen LogP contribution >= 0.6 is 11.6 Å². The molecule has 3 rings (SSSR count). The van der Waals surface area contributed by atoms with Gasteiger partial charge in [-0.1, -0.05) is 23.7 Å². The number of carbonyl (C=O) groups is 1. The number of benzene rings is 1. The van der Waals surface area contributed by atoms with Crippen LogP contribution in [-0.2, 0) is 9.53 Å². The maximum Gasteiger partial charge on any atom is 0.244 e. The molecular formula is C17H20ClNO2. The van der Waals surface area contributed by atoms with Gasteiger partial charge in [0.25, 0.3) is 0 Å². The van der Waals surface area contributed by atoms with E-state index >= 15 is 0 Å². The first-order valence-corrected chi connectivity index (χ1v) is 7.88. The zero-order chi connectivity index (χ0) is 14.7. The first-order valence-electron chi connectivity index (χ1n) is 7.50. The Bertz CT molecular complexity index is 532. The minimum absolute atomic E-state index is 0.0134. The van der Waals surface area contributed by atoms with Gasteiger partial charge in [-0.05, 0) is 54.9 Å². The van der Waals surface area contributed by atoms with Crippen LogP contribution in [0.1, 0.15) is 31.2 Å². The summed E-state index contributed by atoms with van der Waals surface area (Å²) in [5, 5.41) is 3.85. The van der Waals surface area contributed by atoms with Crippen molar-refractivity contribution < 1.29 is 9.53 Å². The lowest BCUT2D eigenvalue weighted by Crippen LogP contribution is -2.56. The van der Waals surface area contributed by atoms with Gasteiger partial charge < -0.3 is 10.1 Å². The van der Waals surface area contributed by atoms with Crippen LogP contribution in [0.15, 0.2) is 30.3 Å². The van der Waals surface area contributed by atoms with Crippen molar-refractivity contribution in [3.05, 3.63) is 40.9 Å². The lowest BCUT2D eigenvalue weighted by Gasteiger charge is -2.51. The Morgan fingerprint density at radius 1 is 1.24 bits per heavy atom. The third kappa shape index (κ3) is 3.30. The fourth-order valence-corrected chi connectivity index (χ4v) is 3.39. The van der Waals surface area contributed by atoms with Crippen molar-refractivity contribution in [2.45, 2.75) is 31.7 Å². The van der Waals surface area contributed by atoms with E-state index in [0.29, 0.717) is 16.5 Å². The number of halogens is 1. The molecule has 1 aliphatic heterocycles. The van der Waals surface area contributed by atoms with Crippen LogP contribution in [0.5, 0.6) is 0 Å². The Morgan fingerprint density at radius 3 is 2.57 bits per heavy atom. The summed E-state index contributed by atoms with van der Waals surface area (Å²) in [6, 6.07) is 7.75. The average Bonchev–Trinajstić information content (AvgIpc) is 2.52. The SMILES string of the molecule is O=C(/C=C/c1ccc(Cl)cc1)NC1CCC12CCOCC2. The second-order valence-electron chi connectivity index (χ2n) is 5.96. The standard InChI is InChI=1S/C17H20ClNO2/c18-14-4-1-13(2-5-14)3-6-16(20)19-15-7-8-17(15)9-11-21-12-10-17/h1-6,15H,7-12H2,(H,19,20)/b6-3+. The van der Waals surface area contributed by atoms with E-state index in [-0.39, 0.29) is 5.91 Å². The van der Waals surface area contributed by atoms with E-state index in [1.807, 2.05) is 30.3 Å². The predicted octanol–water partition coefficient (Wildman–Crippen LogP) is 3.43. The molecule has 1 unspecified atom stereocenters. The largest absolute Gasteiger partial charge is 0.381 e.